The molecule has 0 radical (unpaired) electrons. The van der Waals surface area contributed by atoms with Crippen LogP contribution in [0.2, 0.25) is 0 Å². The number of anilines is 1. The predicted octanol–water partition coefficient (Wildman–Crippen LogP) is -0.510. The number of thioether (sulfide) groups is 2. The molecule has 14 nitrogen and oxygen atoms in total. The van der Waals surface area contributed by atoms with Crippen LogP contribution < -0.4 is 22.5 Å². The average Bonchev–Trinajstić information content (AvgIpc) is 3.31. The van der Waals surface area contributed by atoms with Crippen molar-refractivity contribution in [3.05, 3.63) is 46.9 Å². The molecule has 4 heterocycles. The summed E-state index contributed by atoms with van der Waals surface area (Å²) in [6, 6.07) is -0.964. The van der Waals surface area contributed by atoms with Crippen molar-refractivity contribution in [3.63, 3.8) is 0 Å². The summed E-state index contributed by atoms with van der Waals surface area (Å²) in [6.45, 7) is 3.58. The van der Waals surface area contributed by atoms with Gasteiger partial charge in [0.1, 0.15) is 41.4 Å². The van der Waals surface area contributed by atoms with E-state index in [1.54, 1.807) is 18.0 Å². The van der Waals surface area contributed by atoms with E-state index in [1.807, 2.05) is 0 Å². The Morgan fingerprint density at radius 1 is 1.45 bits per heavy atom. The number of nitrogens with two attached hydrogens (primary N) is 3. The number of aliphatic imine (C=N–C) groups is 1. The van der Waals surface area contributed by atoms with Crippen LogP contribution in [0.3, 0.4) is 0 Å². The van der Waals surface area contributed by atoms with Gasteiger partial charge in [-0.1, -0.05) is 29.6 Å². The molecule has 1 saturated heterocycles. The molecule has 0 spiro atoms. The van der Waals surface area contributed by atoms with Crippen LogP contribution in [0.1, 0.15) is 5.69 Å². The first kappa shape index (κ1) is 27.5. The normalized spacial score (nSPS) is 23.3. The van der Waals surface area contributed by atoms with E-state index in [-0.39, 0.29) is 40.4 Å². The van der Waals surface area contributed by atoms with Gasteiger partial charge in [-0.3, -0.25) is 14.5 Å². The van der Waals surface area contributed by atoms with Crippen LogP contribution in [-0.2, 0) is 19.2 Å². The maximum absolute atomic E-state index is 13.1. The summed E-state index contributed by atoms with van der Waals surface area (Å²) in [4.78, 5) is 54.6. The molecule has 0 aromatic carbocycles. The molecule has 0 bridgehead atoms. The van der Waals surface area contributed by atoms with Gasteiger partial charge >= 0.3 is 5.97 Å². The lowest BCUT2D eigenvalue weighted by molar-refractivity contribution is -0.150. The Hall–Kier alpha value is -3.54. The van der Waals surface area contributed by atoms with Crippen LogP contribution >= 0.6 is 34.9 Å². The molecule has 17 heteroatoms. The quantitative estimate of drug-likeness (QED) is 0.0822. The Kier molecular flexibility index (Phi) is 8.29. The average molecular weight is 580 g/mol. The number of aliphatic carboxylic acids is 1. The van der Waals surface area contributed by atoms with Gasteiger partial charge in [0, 0.05) is 23.9 Å². The summed E-state index contributed by atoms with van der Waals surface area (Å²) in [6.07, 6.45) is 2.60. The van der Waals surface area contributed by atoms with Crippen LogP contribution in [0.4, 0.5) is 5.13 Å². The molecule has 2 amide bonds. The third-order valence-corrected chi connectivity index (χ3v) is 8.70. The van der Waals surface area contributed by atoms with Crippen molar-refractivity contribution in [2.24, 2.45) is 21.6 Å². The van der Waals surface area contributed by atoms with Gasteiger partial charge in [0.05, 0.1) is 0 Å². The van der Waals surface area contributed by atoms with E-state index in [0.29, 0.717) is 16.5 Å². The van der Waals surface area contributed by atoms with Gasteiger partial charge in [-0.2, -0.15) is 0 Å². The zero-order chi connectivity index (χ0) is 27.6. The summed E-state index contributed by atoms with van der Waals surface area (Å²) >= 11 is 3.73. The topological polar surface area (TPSA) is 215 Å². The third kappa shape index (κ3) is 5.50. The molecule has 1 aromatic heterocycles. The minimum absolute atomic E-state index is 0.0512. The summed E-state index contributed by atoms with van der Waals surface area (Å²) < 4.78 is 0. The van der Waals surface area contributed by atoms with E-state index < -0.39 is 35.4 Å². The highest BCUT2D eigenvalue weighted by Crippen LogP contribution is 2.41. The van der Waals surface area contributed by atoms with Crippen molar-refractivity contribution in [1.29, 1.82) is 0 Å². The number of nitrogen functional groups attached to an aromatic ring is 1. The Labute approximate surface area is 229 Å². The molecule has 1 fully saturated rings. The second-order valence-corrected chi connectivity index (χ2v) is 11.0. The highest BCUT2D eigenvalue weighted by atomic mass is 32.2. The summed E-state index contributed by atoms with van der Waals surface area (Å²) in [5.41, 5.74) is 17.9. The zero-order valence-electron chi connectivity index (χ0n) is 20.1. The molecule has 3 aliphatic rings. The number of nitrogens with zero attached hydrogens (tertiary/aromatic N) is 5. The number of nitrogens with one attached hydrogen (secondary N) is 1. The number of amidine groups is 1. The molecule has 4 rings (SSSR count). The van der Waals surface area contributed by atoms with Crippen molar-refractivity contribution >= 4 is 68.7 Å². The highest BCUT2D eigenvalue weighted by Gasteiger charge is 2.54. The number of fused-ring (bicyclic) bond motifs is 1. The first-order chi connectivity index (χ1) is 18.1. The van der Waals surface area contributed by atoms with Crippen LogP contribution in [0.5, 0.6) is 0 Å². The number of thiazole rings is 1. The monoisotopic (exact) mass is 579 g/mol. The highest BCUT2D eigenvalue weighted by molar-refractivity contribution is 8.14. The number of oxime groups is 1. The van der Waals surface area contributed by atoms with Gasteiger partial charge in [0.15, 0.2) is 16.0 Å². The fourth-order valence-corrected chi connectivity index (χ4v) is 6.75. The van der Waals surface area contributed by atoms with Crippen molar-refractivity contribution in [1.82, 2.24) is 20.1 Å². The summed E-state index contributed by atoms with van der Waals surface area (Å²) in [5.74, 6) is -1.64. The van der Waals surface area contributed by atoms with Gasteiger partial charge in [0.25, 0.3) is 11.8 Å². The van der Waals surface area contributed by atoms with Crippen LogP contribution in [0, 0.1) is 0 Å². The van der Waals surface area contributed by atoms with Gasteiger partial charge in [-0.15, -0.1) is 23.1 Å². The number of amides is 2. The van der Waals surface area contributed by atoms with E-state index >= 15 is 0 Å². The number of likely N-dealkylation sites (N-methyl/N-ethyl adjacent to an activating group) is 1. The van der Waals surface area contributed by atoms with Gasteiger partial charge in [0.2, 0.25) is 0 Å². The third-order valence-electron chi connectivity index (χ3n) is 5.55. The zero-order valence-corrected chi connectivity index (χ0v) is 22.5. The number of rotatable bonds is 9. The Morgan fingerprint density at radius 2 is 2.21 bits per heavy atom. The number of β-lactam (4-membered cyclic amide) rings is 1. The van der Waals surface area contributed by atoms with Gasteiger partial charge in [-0.05, 0) is 11.6 Å². The SMILES string of the molecule is C=CCO/N=C(\C(=O)NC1C(=O)N2C(C(=O)O)=C(CSC3=NC(N)=CC(N)N3C)CS[C@@H]12)c1csc(N)n1. The van der Waals surface area contributed by atoms with Crippen molar-refractivity contribution < 1.29 is 24.3 Å². The molecule has 0 saturated carbocycles. The fourth-order valence-electron chi connectivity index (χ4n) is 3.69. The minimum Gasteiger partial charge on any atom is -0.477 e. The summed E-state index contributed by atoms with van der Waals surface area (Å²) in [7, 11) is 1.75. The Bertz CT molecular complexity index is 1290. The number of hydrogen-bond donors (Lipinski definition) is 5. The number of aromatic nitrogens is 1. The first-order valence-corrected chi connectivity index (χ1v) is 13.9. The second kappa shape index (κ2) is 11.5. The molecule has 38 heavy (non-hydrogen) atoms. The lowest BCUT2D eigenvalue weighted by Crippen LogP contribution is -2.71. The molecule has 8 N–H and O–H groups in total. The maximum atomic E-state index is 13.1. The smallest absolute Gasteiger partial charge is 0.352 e. The number of carbonyl (C=O) groups is 3. The largest absolute Gasteiger partial charge is 0.477 e. The Morgan fingerprint density at radius 3 is 2.87 bits per heavy atom. The number of carbonyl (C=O) groups excluding carboxylic acids is 2. The predicted molar refractivity (Wildman–Crippen MR) is 147 cm³/mol. The maximum Gasteiger partial charge on any atom is 0.352 e. The number of hydrogen-bond acceptors (Lipinski definition) is 14. The molecular weight excluding hydrogens is 554 g/mol. The van der Waals surface area contributed by atoms with Gasteiger partial charge < -0.3 is 37.4 Å². The Balaban J connectivity index is 1.49. The van der Waals surface area contributed by atoms with Gasteiger partial charge in [-0.25, -0.2) is 14.8 Å². The van der Waals surface area contributed by atoms with Crippen molar-refractivity contribution in [2.75, 3.05) is 30.9 Å². The molecule has 202 valence electrons. The van der Waals surface area contributed by atoms with E-state index in [0.717, 1.165) is 11.3 Å². The van der Waals surface area contributed by atoms with E-state index in [2.05, 4.69) is 27.0 Å². The van der Waals surface area contributed by atoms with Crippen LogP contribution in [0.15, 0.2) is 51.4 Å². The molecule has 1 aromatic rings. The van der Waals surface area contributed by atoms with E-state index in [4.69, 9.17) is 22.0 Å². The molecule has 2 unspecified atom stereocenters. The van der Waals surface area contributed by atoms with E-state index in [1.165, 1.54) is 39.9 Å². The molecule has 3 atom stereocenters. The molecule has 3 aliphatic heterocycles. The lowest BCUT2D eigenvalue weighted by Gasteiger charge is -2.49. The van der Waals surface area contributed by atoms with Crippen molar-refractivity contribution in [2.45, 2.75) is 17.6 Å². The summed E-state index contributed by atoms with van der Waals surface area (Å²) in [5, 5.41) is 18.1. The number of carboxylic acids is 1. The lowest BCUT2D eigenvalue weighted by atomic mass is 10.0. The standard InChI is InChI=1S/C21H25N9O5S3/c1-3-4-35-28-13(10-8-37-20(24)25-10)16(31)27-14-17(32)30-15(19(33)34)9(6-36-18(14)30)7-38-21-26-11(22)5-12(23)29(21)2/h3,5,8,12,14,18H,1,4,6-7,22-23H2,2H3,(H2,24,25)(H,27,31)(H,33,34)/b28-13-/t12?,14?,18-/m0/s1. The fraction of sp³-hybridized carbons (Fsp3) is 0.333. The first-order valence-electron chi connectivity index (χ1n) is 11.0. The van der Waals surface area contributed by atoms with E-state index in [9.17, 15) is 19.5 Å². The van der Waals surface area contributed by atoms with Crippen molar-refractivity contribution in [3.8, 4) is 0 Å². The molecular formula is C21H25N9O5S3. The second-order valence-electron chi connectivity index (χ2n) is 8.09. The van der Waals surface area contributed by atoms with Crippen LogP contribution in [0.25, 0.3) is 0 Å². The number of carboxylic acid groups (broad SMARTS) is 1. The molecule has 0 aliphatic carbocycles. The van der Waals surface area contributed by atoms with Crippen LogP contribution in [-0.4, -0.2) is 91.3 Å². The minimum atomic E-state index is -1.24.